The van der Waals surface area contributed by atoms with Gasteiger partial charge < -0.3 is 26.4 Å². The molecule has 1 aliphatic rings. The molecule has 0 unspecified atom stereocenters. The maximum absolute atomic E-state index is 12.9. The van der Waals surface area contributed by atoms with E-state index < -0.39 is 6.04 Å². The summed E-state index contributed by atoms with van der Waals surface area (Å²) in [6.45, 7) is 5.43. The molecule has 1 fully saturated rings. The summed E-state index contributed by atoms with van der Waals surface area (Å²) in [7, 11) is 1.91. The number of carbonyl (C=O) groups excluding carboxylic acids is 2. The van der Waals surface area contributed by atoms with Crippen LogP contribution in [-0.4, -0.2) is 58.1 Å². The van der Waals surface area contributed by atoms with Gasteiger partial charge in [0.05, 0.1) is 17.3 Å². The molecule has 2 amide bonds. The second kappa shape index (κ2) is 14.3. The first-order valence-electron chi connectivity index (χ1n) is 13.8. The third kappa shape index (κ3) is 7.96. The van der Waals surface area contributed by atoms with E-state index in [9.17, 15) is 9.59 Å². The Morgan fingerprint density at radius 3 is 2.57 bits per heavy atom. The topological polar surface area (TPSA) is 141 Å². The van der Waals surface area contributed by atoms with Gasteiger partial charge in [-0.25, -0.2) is 4.99 Å². The van der Waals surface area contributed by atoms with Crippen LogP contribution < -0.4 is 21.5 Å². The lowest BCUT2D eigenvalue weighted by Crippen LogP contribution is -2.46. The minimum atomic E-state index is -0.717. The molecule has 2 aromatic heterocycles. The van der Waals surface area contributed by atoms with E-state index in [2.05, 4.69) is 10.3 Å². The maximum Gasteiger partial charge on any atom is 0.245 e. The van der Waals surface area contributed by atoms with E-state index in [1.165, 1.54) is 0 Å². The zero-order valence-electron chi connectivity index (χ0n) is 24.0. The quantitative estimate of drug-likeness (QED) is 0.209. The van der Waals surface area contributed by atoms with Crippen LogP contribution in [-0.2, 0) is 23.2 Å². The van der Waals surface area contributed by atoms with Gasteiger partial charge >= 0.3 is 0 Å². The first-order chi connectivity index (χ1) is 20.0. The van der Waals surface area contributed by atoms with Gasteiger partial charge in [-0.2, -0.15) is 5.10 Å². The summed E-state index contributed by atoms with van der Waals surface area (Å²) in [6, 6.07) is 8.98. The van der Waals surface area contributed by atoms with Gasteiger partial charge in [0.25, 0.3) is 0 Å². The third-order valence-corrected chi connectivity index (χ3v) is 8.89. The third-order valence-electron chi connectivity index (χ3n) is 7.17. The molecule has 10 nitrogen and oxygen atoms in total. The molecule has 5 N–H and O–H groups in total. The molecule has 1 aromatic carbocycles. The number of thiophene rings is 1. The highest BCUT2D eigenvalue weighted by atomic mass is 35.5. The number of carbonyl (C=O) groups is 2. The fourth-order valence-corrected chi connectivity index (χ4v) is 6.13. The highest BCUT2D eigenvalue weighted by Crippen LogP contribution is 2.40. The van der Waals surface area contributed by atoms with Crippen LogP contribution in [0.3, 0.4) is 0 Å². The molecular formula is C29H37Cl2N7O3S. The fraction of sp³-hybridized carbons (Fsp3) is 0.448. The standard InChI is InChI=1S/C29H37Cl2N7O3S/c1-17(2)13-22(35-29(32)33)28(40)34-15-25(39)38-10-8-18(9-11-38)23-14-21(36-37(23)3)20-6-7-24(27(31)26(20)30)41-16-19-5-4-12-42-19/h4-7,12,14,17-18,22H,8-11,13,15-16H2,1-3H3,(H,34,40)(H4,32,33,35)/t22-/m1/s1. The summed E-state index contributed by atoms with van der Waals surface area (Å²) in [5.41, 5.74) is 13.5. The van der Waals surface area contributed by atoms with E-state index in [4.69, 9.17) is 44.5 Å². The number of rotatable bonds is 11. The van der Waals surface area contributed by atoms with Crippen LogP contribution in [0.4, 0.5) is 0 Å². The lowest BCUT2D eigenvalue weighted by atomic mass is 9.92. The summed E-state index contributed by atoms with van der Waals surface area (Å²) < 4.78 is 7.74. The number of aromatic nitrogens is 2. The average molecular weight is 635 g/mol. The van der Waals surface area contributed by atoms with Gasteiger partial charge in [0.1, 0.15) is 23.4 Å². The zero-order valence-corrected chi connectivity index (χ0v) is 26.3. The van der Waals surface area contributed by atoms with E-state index in [1.807, 2.05) is 61.3 Å². The van der Waals surface area contributed by atoms with Crippen LogP contribution in [0.25, 0.3) is 11.3 Å². The Morgan fingerprint density at radius 1 is 1.19 bits per heavy atom. The van der Waals surface area contributed by atoms with Gasteiger partial charge in [0.15, 0.2) is 5.96 Å². The molecule has 3 aromatic rings. The molecule has 0 spiro atoms. The van der Waals surface area contributed by atoms with Crippen molar-refractivity contribution in [3.63, 3.8) is 0 Å². The molecule has 4 rings (SSSR count). The van der Waals surface area contributed by atoms with Crippen molar-refractivity contribution in [2.45, 2.75) is 51.7 Å². The maximum atomic E-state index is 12.9. The molecule has 1 atom stereocenters. The number of hydrogen-bond acceptors (Lipinski definition) is 6. The highest BCUT2D eigenvalue weighted by molar-refractivity contribution is 7.09. The summed E-state index contributed by atoms with van der Waals surface area (Å²) in [4.78, 5) is 32.3. The molecule has 13 heteroatoms. The molecule has 1 aliphatic heterocycles. The summed E-state index contributed by atoms with van der Waals surface area (Å²) in [5.74, 6) is 0.314. The molecule has 226 valence electrons. The van der Waals surface area contributed by atoms with Gasteiger partial charge in [-0.15, -0.1) is 11.3 Å². The van der Waals surface area contributed by atoms with Crippen LogP contribution in [0.2, 0.25) is 10.0 Å². The van der Waals surface area contributed by atoms with Crippen LogP contribution in [0, 0.1) is 5.92 Å². The molecule has 0 radical (unpaired) electrons. The van der Waals surface area contributed by atoms with Crippen molar-refractivity contribution >= 4 is 52.3 Å². The van der Waals surface area contributed by atoms with Gasteiger partial charge in [0.2, 0.25) is 11.8 Å². The highest BCUT2D eigenvalue weighted by Gasteiger charge is 2.28. The summed E-state index contributed by atoms with van der Waals surface area (Å²) in [6.07, 6.45) is 2.03. The minimum absolute atomic E-state index is 0.0970. The monoisotopic (exact) mass is 633 g/mol. The van der Waals surface area contributed by atoms with Crippen LogP contribution in [0.15, 0.2) is 40.7 Å². The average Bonchev–Trinajstić information content (AvgIpc) is 3.61. The van der Waals surface area contributed by atoms with E-state index in [-0.39, 0.29) is 36.2 Å². The Morgan fingerprint density at radius 2 is 1.93 bits per heavy atom. The van der Waals surface area contributed by atoms with Crippen molar-refractivity contribution in [1.29, 1.82) is 0 Å². The number of aryl methyl sites for hydroxylation is 1. The Hall–Kier alpha value is -3.28. The van der Waals surface area contributed by atoms with Crippen molar-refractivity contribution in [2.75, 3.05) is 19.6 Å². The Kier molecular flexibility index (Phi) is 10.7. The largest absolute Gasteiger partial charge is 0.486 e. The first-order valence-corrected chi connectivity index (χ1v) is 15.5. The zero-order chi connectivity index (χ0) is 30.4. The lowest BCUT2D eigenvalue weighted by molar-refractivity contribution is -0.134. The smallest absolute Gasteiger partial charge is 0.245 e. The molecular weight excluding hydrogens is 597 g/mol. The van der Waals surface area contributed by atoms with Crippen molar-refractivity contribution in [2.24, 2.45) is 29.4 Å². The molecule has 1 saturated heterocycles. The van der Waals surface area contributed by atoms with Crippen LogP contribution >= 0.6 is 34.5 Å². The van der Waals surface area contributed by atoms with Gasteiger partial charge in [-0.3, -0.25) is 14.3 Å². The number of nitrogens with zero attached hydrogens (tertiary/aromatic N) is 4. The second-order valence-electron chi connectivity index (χ2n) is 10.8. The normalized spacial score (nSPS) is 14.6. The number of halogens is 2. The molecule has 42 heavy (non-hydrogen) atoms. The molecule has 3 heterocycles. The van der Waals surface area contributed by atoms with Crippen LogP contribution in [0.1, 0.15) is 49.6 Å². The van der Waals surface area contributed by atoms with Crippen molar-refractivity contribution < 1.29 is 14.3 Å². The number of aliphatic imine (C=N–C) groups is 1. The number of nitrogens with one attached hydrogen (secondary N) is 1. The number of nitrogens with two attached hydrogens (primary N) is 2. The number of amides is 2. The molecule has 0 saturated carbocycles. The van der Waals surface area contributed by atoms with Gasteiger partial charge in [-0.1, -0.05) is 43.1 Å². The SMILES string of the molecule is CC(C)C[C@@H](N=C(N)N)C(=O)NCC(=O)N1CCC(c2cc(-c3ccc(OCc4cccs4)c(Cl)c3Cl)nn2C)CC1. The number of likely N-dealkylation sites (tertiary alicyclic amines) is 1. The van der Waals surface area contributed by atoms with E-state index >= 15 is 0 Å². The van der Waals surface area contributed by atoms with Gasteiger partial charge in [0, 0.05) is 42.2 Å². The number of hydrogen-bond donors (Lipinski definition) is 3. The predicted octanol–water partition coefficient (Wildman–Crippen LogP) is 4.54. The van der Waals surface area contributed by atoms with Crippen molar-refractivity contribution in [1.82, 2.24) is 20.0 Å². The van der Waals surface area contributed by atoms with Crippen molar-refractivity contribution in [3.05, 3.63) is 56.3 Å². The van der Waals surface area contributed by atoms with Gasteiger partial charge in [-0.05, 0) is 54.8 Å². The second-order valence-corrected chi connectivity index (χ2v) is 12.5. The number of piperidine rings is 1. The number of guanidine groups is 1. The summed E-state index contributed by atoms with van der Waals surface area (Å²) in [5, 5.41) is 10.2. The van der Waals surface area contributed by atoms with E-state index in [0.717, 1.165) is 34.7 Å². The Bertz CT molecular complexity index is 1410. The Balaban J connectivity index is 1.34. The predicted molar refractivity (Wildman–Crippen MR) is 168 cm³/mol. The number of ether oxygens (including phenoxy) is 1. The minimum Gasteiger partial charge on any atom is -0.486 e. The van der Waals surface area contributed by atoms with E-state index in [0.29, 0.717) is 41.9 Å². The lowest BCUT2D eigenvalue weighted by Gasteiger charge is -2.32. The first kappa shape index (κ1) is 31.7. The molecule has 0 bridgehead atoms. The summed E-state index contributed by atoms with van der Waals surface area (Å²) >= 11 is 14.8. The Labute approximate surface area is 260 Å². The van der Waals surface area contributed by atoms with E-state index in [1.54, 1.807) is 16.2 Å². The molecule has 0 aliphatic carbocycles. The van der Waals surface area contributed by atoms with Crippen molar-refractivity contribution in [3.8, 4) is 17.0 Å². The fourth-order valence-electron chi connectivity index (χ4n) is 5.04. The number of benzene rings is 1. The van der Waals surface area contributed by atoms with Crippen LogP contribution in [0.5, 0.6) is 5.75 Å².